The number of carbonyl (C=O) groups is 1. The number of aromatic nitrogens is 1. The van der Waals surface area contributed by atoms with Crippen molar-refractivity contribution in [1.82, 2.24) is 4.57 Å². The highest BCUT2D eigenvalue weighted by Crippen LogP contribution is 2.26. The van der Waals surface area contributed by atoms with Gasteiger partial charge in [-0.3, -0.25) is 4.79 Å². The van der Waals surface area contributed by atoms with E-state index in [0.29, 0.717) is 10.7 Å². The molecule has 1 heterocycles. The molecule has 1 amide bonds. The van der Waals surface area contributed by atoms with E-state index in [4.69, 9.17) is 11.6 Å². The van der Waals surface area contributed by atoms with Crippen molar-refractivity contribution in [2.75, 3.05) is 5.32 Å². The maximum atomic E-state index is 12.6. The molecule has 0 atom stereocenters. The van der Waals surface area contributed by atoms with Crippen molar-refractivity contribution in [3.8, 4) is 11.8 Å². The maximum absolute atomic E-state index is 12.6. The average Bonchev–Trinajstić information content (AvgIpc) is 2.98. The van der Waals surface area contributed by atoms with E-state index < -0.39 is 5.91 Å². The summed E-state index contributed by atoms with van der Waals surface area (Å²) < 4.78 is 3.16. The number of anilines is 1. The smallest absolute Gasteiger partial charge is 0.266 e. The zero-order chi connectivity index (χ0) is 22.0. The van der Waals surface area contributed by atoms with E-state index in [0.717, 1.165) is 38.2 Å². The quantitative estimate of drug-likeness (QED) is 0.333. The molecule has 0 saturated heterocycles. The van der Waals surface area contributed by atoms with Crippen molar-refractivity contribution in [3.05, 3.63) is 85.6 Å². The predicted octanol–water partition coefficient (Wildman–Crippen LogP) is 6.67. The Labute approximate surface area is 189 Å². The molecular formula is C24H21BrClN3O. The molecule has 0 spiro atoms. The van der Waals surface area contributed by atoms with E-state index in [2.05, 4.69) is 31.9 Å². The third kappa shape index (κ3) is 4.51. The summed E-state index contributed by atoms with van der Waals surface area (Å²) in [6, 6.07) is 15.4. The standard InChI is InChI=1S/C24H21BrClN3O/c1-14-5-6-20(12-23(14)26)28-24(30)19(13-27)11-18-10-16(3)29(17(18)4)21-7-8-22(25)15(2)9-21/h5-12H,1-4H3,(H,28,30)/b19-11-. The molecule has 3 rings (SSSR count). The summed E-state index contributed by atoms with van der Waals surface area (Å²) in [5.41, 5.74) is 6.44. The first-order valence-corrected chi connectivity index (χ1v) is 10.5. The number of benzene rings is 2. The van der Waals surface area contributed by atoms with E-state index in [1.54, 1.807) is 18.2 Å². The van der Waals surface area contributed by atoms with Crippen molar-refractivity contribution in [3.63, 3.8) is 0 Å². The van der Waals surface area contributed by atoms with Crippen LogP contribution in [0.15, 0.2) is 52.5 Å². The van der Waals surface area contributed by atoms with Crippen LogP contribution >= 0.6 is 27.5 Å². The van der Waals surface area contributed by atoms with Crippen LogP contribution in [-0.4, -0.2) is 10.5 Å². The number of carbonyl (C=O) groups excluding carboxylic acids is 1. The summed E-state index contributed by atoms with van der Waals surface area (Å²) >= 11 is 9.65. The van der Waals surface area contributed by atoms with E-state index in [9.17, 15) is 10.1 Å². The molecule has 4 nitrogen and oxygen atoms in total. The van der Waals surface area contributed by atoms with Gasteiger partial charge in [0.25, 0.3) is 5.91 Å². The summed E-state index contributed by atoms with van der Waals surface area (Å²) in [6.45, 7) is 7.90. The molecule has 1 N–H and O–H groups in total. The van der Waals surface area contributed by atoms with Crippen molar-refractivity contribution in [1.29, 1.82) is 5.26 Å². The monoisotopic (exact) mass is 481 g/mol. The number of nitrogens with zero attached hydrogens (tertiary/aromatic N) is 2. The number of amides is 1. The van der Waals surface area contributed by atoms with Gasteiger partial charge in [0.05, 0.1) is 0 Å². The van der Waals surface area contributed by atoms with Gasteiger partial charge in [-0.2, -0.15) is 5.26 Å². The zero-order valence-electron chi connectivity index (χ0n) is 17.2. The van der Waals surface area contributed by atoms with Gasteiger partial charge in [-0.05, 0) is 86.9 Å². The molecular weight excluding hydrogens is 462 g/mol. The van der Waals surface area contributed by atoms with Gasteiger partial charge in [-0.25, -0.2) is 0 Å². The number of nitriles is 1. The first kappa shape index (κ1) is 21.9. The van der Waals surface area contributed by atoms with Crippen LogP contribution in [0, 0.1) is 39.0 Å². The van der Waals surface area contributed by atoms with Crippen LogP contribution in [0.2, 0.25) is 5.02 Å². The minimum absolute atomic E-state index is 0.0268. The van der Waals surface area contributed by atoms with Gasteiger partial charge in [0.1, 0.15) is 11.6 Å². The van der Waals surface area contributed by atoms with Crippen molar-refractivity contribution >= 4 is 45.2 Å². The minimum Gasteiger partial charge on any atom is -0.321 e. The van der Waals surface area contributed by atoms with Crippen LogP contribution in [0.3, 0.4) is 0 Å². The SMILES string of the molecule is Cc1ccc(NC(=O)/C(C#N)=C\c2cc(C)n(-c3ccc(Br)c(C)c3)c2C)cc1Cl. The average molecular weight is 483 g/mol. The molecule has 6 heteroatoms. The van der Waals surface area contributed by atoms with E-state index in [-0.39, 0.29) is 5.57 Å². The lowest BCUT2D eigenvalue weighted by molar-refractivity contribution is -0.112. The van der Waals surface area contributed by atoms with Gasteiger partial charge < -0.3 is 9.88 Å². The number of rotatable bonds is 4. The molecule has 1 aromatic heterocycles. The molecule has 0 bridgehead atoms. The molecule has 30 heavy (non-hydrogen) atoms. The van der Waals surface area contributed by atoms with Gasteiger partial charge in [0, 0.05) is 32.3 Å². The third-order valence-electron chi connectivity index (χ3n) is 4.96. The normalized spacial score (nSPS) is 11.3. The van der Waals surface area contributed by atoms with Crippen LogP contribution < -0.4 is 5.32 Å². The van der Waals surface area contributed by atoms with Crippen LogP contribution in [-0.2, 0) is 4.79 Å². The lowest BCUT2D eigenvalue weighted by atomic mass is 10.1. The highest BCUT2D eigenvalue weighted by atomic mass is 79.9. The van der Waals surface area contributed by atoms with E-state index >= 15 is 0 Å². The number of aryl methyl sites for hydroxylation is 3. The fourth-order valence-electron chi connectivity index (χ4n) is 3.27. The van der Waals surface area contributed by atoms with Gasteiger partial charge in [0.15, 0.2) is 0 Å². The predicted molar refractivity (Wildman–Crippen MR) is 126 cm³/mol. The summed E-state index contributed by atoms with van der Waals surface area (Å²) in [5.74, 6) is -0.471. The molecule has 0 unspecified atom stereocenters. The molecule has 0 aliphatic carbocycles. The number of halogens is 2. The molecule has 0 saturated carbocycles. The fourth-order valence-corrected chi connectivity index (χ4v) is 3.70. The summed E-state index contributed by atoms with van der Waals surface area (Å²) in [4.78, 5) is 12.6. The number of hydrogen-bond acceptors (Lipinski definition) is 2. The first-order valence-electron chi connectivity index (χ1n) is 9.36. The molecule has 3 aromatic rings. The Balaban J connectivity index is 1.94. The Kier molecular flexibility index (Phi) is 6.50. The Hall–Kier alpha value is -2.81. The molecule has 152 valence electrons. The highest BCUT2D eigenvalue weighted by molar-refractivity contribution is 9.10. The van der Waals surface area contributed by atoms with Crippen LogP contribution in [0.4, 0.5) is 5.69 Å². The maximum Gasteiger partial charge on any atom is 0.266 e. The van der Waals surface area contributed by atoms with Gasteiger partial charge in [-0.15, -0.1) is 0 Å². The lowest BCUT2D eigenvalue weighted by Crippen LogP contribution is -2.13. The third-order valence-corrected chi connectivity index (χ3v) is 6.26. The Morgan fingerprint density at radius 3 is 2.47 bits per heavy atom. The largest absolute Gasteiger partial charge is 0.321 e. The Morgan fingerprint density at radius 2 is 1.83 bits per heavy atom. The molecule has 2 aromatic carbocycles. The second-order valence-corrected chi connectivity index (χ2v) is 8.44. The first-order chi connectivity index (χ1) is 14.2. The second-order valence-electron chi connectivity index (χ2n) is 7.18. The summed E-state index contributed by atoms with van der Waals surface area (Å²) in [5, 5.41) is 12.9. The van der Waals surface area contributed by atoms with E-state index in [1.165, 1.54) is 0 Å². The Morgan fingerprint density at radius 1 is 1.10 bits per heavy atom. The second kappa shape index (κ2) is 8.91. The van der Waals surface area contributed by atoms with Crippen LogP contribution in [0.5, 0.6) is 0 Å². The van der Waals surface area contributed by atoms with Crippen molar-refractivity contribution in [2.45, 2.75) is 27.7 Å². The molecule has 0 radical (unpaired) electrons. The fraction of sp³-hybridized carbons (Fsp3) is 0.167. The van der Waals surface area contributed by atoms with Crippen molar-refractivity contribution in [2.24, 2.45) is 0 Å². The van der Waals surface area contributed by atoms with Crippen LogP contribution in [0.1, 0.15) is 28.1 Å². The van der Waals surface area contributed by atoms with Gasteiger partial charge >= 0.3 is 0 Å². The van der Waals surface area contributed by atoms with Crippen molar-refractivity contribution < 1.29 is 4.79 Å². The molecule has 0 fully saturated rings. The Bertz CT molecular complexity index is 1220. The highest BCUT2D eigenvalue weighted by Gasteiger charge is 2.15. The zero-order valence-corrected chi connectivity index (χ0v) is 19.5. The van der Waals surface area contributed by atoms with Crippen LogP contribution in [0.25, 0.3) is 11.8 Å². The molecule has 0 aliphatic heterocycles. The lowest BCUT2D eigenvalue weighted by Gasteiger charge is -2.11. The summed E-state index contributed by atoms with van der Waals surface area (Å²) in [6.07, 6.45) is 1.62. The van der Waals surface area contributed by atoms with Gasteiger partial charge in [-0.1, -0.05) is 33.6 Å². The van der Waals surface area contributed by atoms with Gasteiger partial charge in [0.2, 0.25) is 0 Å². The minimum atomic E-state index is -0.471. The number of hydrogen-bond donors (Lipinski definition) is 1. The van der Waals surface area contributed by atoms with E-state index in [1.807, 2.05) is 58.0 Å². The molecule has 0 aliphatic rings. The topological polar surface area (TPSA) is 57.8 Å². The summed E-state index contributed by atoms with van der Waals surface area (Å²) in [7, 11) is 0. The number of nitrogens with one attached hydrogen (secondary N) is 1.